The number of hydrogen-bond acceptors (Lipinski definition) is 4. The van der Waals surface area contributed by atoms with Crippen molar-refractivity contribution in [3.63, 3.8) is 0 Å². The van der Waals surface area contributed by atoms with E-state index >= 15 is 0 Å². The molecular formula is C13H15F2N3O. The Morgan fingerprint density at radius 1 is 1.26 bits per heavy atom. The van der Waals surface area contributed by atoms with E-state index < -0.39 is 13.0 Å². The lowest BCUT2D eigenvalue weighted by Crippen LogP contribution is -2.31. The molecule has 0 aliphatic heterocycles. The van der Waals surface area contributed by atoms with Gasteiger partial charge < -0.3 is 15.7 Å². The summed E-state index contributed by atoms with van der Waals surface area (Å²) >= 11 is 0. The fourth-order valence-electron chi connectivity index (χ4n) is 2.07. The summed E-state index contributed by atoms with van der Waals surface area (Å²) in [6, 6.07) is 5.10. The Labute approximate surface area is 109 Å². The number of nitrogen functional groups attached to an aromatic ring is 1. The molecule has 2 aromatic rings. The van der Waals surface area contributed by atoms with Crippen LogP contribution in [0.3, 0.4) is 0 Å². The zero-order valence-electron chi connectivity index (χ0n) is 10.3. The van der Waals surface area contributed by atoms with Crippen LogP contribution in [0.15, 0.2) is 30.6 Å². The monoisotopic (exact) mass is 267 g/mol. The van der Waals surface area contributed by atoms with E-state index in [0.717, 1.165) is 5.39 Å². The second-order valence-electron chi connectivity index (χ2n) is 4.16. The van der Waals surface area contributed by atoms with Gasteiger partial charge in [0.25, 0.3) is 6.43 Å². The van der Waals surface area contributed by atoms with Crippen LogP contribution in [0.25, 0.3) is 10.8 Å². The van der Waals surface area contributed by atoms with Crippen LogP contribution in [0.4, 0.5) is 20.2 Å². The summed E-state index contributed by atoms with van der Waals surface area (Å²) in [5, 5.41) is 10.5. The molecule has 0 amide bonds. The van der Waals surface area contributed by atoms with Gasteiger partial charge in [0.05, 0.1) is 13.2 Å². The fourth-order valence-corrected chi connectivity index (χ4v) is 2.07. The average molecular weight is 267 g/mol. The summed E-state index contributed by atoms with van der Waals surface area (Å²) < 4.78 is 25.2. The highest BCUT2D eigenvalue weighted by Crippen LogP contribution is 2.30. The summed E-state index contributed by atoms with van der Waals surface area (Å²) in [5.41, 5.74) is 7.03. The number of pyridine rings is 1. The van der Waals surface area contributed by atoms with Crippen molar-refractivity contribution in [2.45, 2.75) is 6.43 Å². The van der Waals surface area contributed by atoms with Gasteiger partial charge in [-0.3, -0.25) is 4.98 Å². The number of aromatic nitrogens is 1. The van der Waals surface area contributed by atoms with Crippen LogP contribution in [0.1, 0.15) is 0 Å². The molecule has 0 saturated carbocycles. The number of nitrogens with two attached hydrogens (primary N) is 1. The fraction of sp³-hybridized carbons (Fsp3) is 0.308. The summed E-state index contributed by atoms with van der Waals surface area (Å²) in [4.78, 5) is 5.44. The Bertz CT molecular complexity index is 563. The number of halogens is 2. The number of aliphatic hydroxyl groups is 1. The molecule has 0 spiro atoms. The molecule has 6 heteroatoms. The summed E-state index contributed by atoms with van der Waals surface area (Å²) in [6.45, 7) is -0.494. The molecule has 3 N–H and O–H groups in total. The molecule has 1 heterocycles. The van der Waals surface area contributed by atoms with Crippen LogP contribution < -0.4 is 10.6 Å². The van der Waals surface area contributed by atoms with Gasteiger partial charge in [0, 0.05) is 41.1 Å². The van der Waals surface area contributed by atoms with E-state index in [4.69, 9.17) is 10.8 Å². The molecule has 19 heavy (non-hydrogen) atoms. The van der Waals surface area contributed by atoms with Crippen molar-refractivity contribution in [1.29, 1.82) is 0 Å². The first-order chi connectivity index (χ1) is 9.13. The summed E-state index contributed by atoms with van der Waals surface area (Å²) in [6.07, 6.45) is 0.721. The van der Waals surface area contributed by atoms with E-state index in [2.05, 4.69) is 4.98 Å². The Morgan fingerprint density at radius 2 is 2.05 bits per heavy atom. The van der Waals surface area contributed by atoms with Gasteiger partial charge in [-0.15, -0.1) is 0 Å². The maximum atomic E-state index is 12.6. The predicted octanol–water partition coefficient (Wildman–Crippen LogP) is 1.88. The molecule has 0 aliphatic carbocycles. The molecule has 0 atom stereocenters. The molecular weight excluding hydrogens is 252 g/mol. The van der Waals surface area contributed by atoms with Crippen LogP contribution in [0, 0.1) is 0 Å². The SMILES string of the molecule is Nc1ccc(N(CCO)CC(F)F)c2cnccc12. The molecule has 0 unspecified atom stereocenters. The lowest BCUT2D eigenvalue weighted by molar-refractivity contribution is 0.153. The standard InChI is InChI=1S/C13H15F2N3O/c14-13(15)8-18(5-6-19)12-2-1-11(16)9-3-4-17-7-10(9)12/h1-4,7,13,19H,5-6,8,16H2. The highest BCUT2D eigenvalue weighted by Gasteiger charge is 2.15. The smallest absolute Gasteiger partial charge is 0.255 e. The molecule has 0 fully saturated rings. The summed E-state index contributed by atoms with van der Waals surface area (Å²) in [5.74, 6) is 0. The molecule has 1 aromatic heterocycles. The highest BCUT2D eigenvalue weighted by molar-refractivity contribution is 6.00. The quantitative estimate of drug-likeness (QED) is 0.812. The third kappa shape index (κ3) is 2.90. The third-order valence-corrected chi connectivity index (χ3v) is 2.90. The molecule has 0 bridgehead atoms. The van der Waals surface area contributed by atoms with Crippen LogP contribution in [0.2, 0.25) is 0 Å². The third-order valence-electron chi connectivity index (χ3n) is 2.90. The highest BCUT2D eigenvalue weighted by atomic mass is 19.3. The molecule has 4 nitrogen and oxygen atoms in total. The van der Waals surface area contributed by atoms with Crippen molar-refractivity contribution in [2.24, 2.45) is 0 Å². The number of nitrogens with zero attached hydrogens (tertiary/aromatic N) is 2. The van der Waals surface area contributed by atoms with E-state index in [1.54, 1.807) is 30.6 Å². The number of hydrogen-bond donors (Lipinski definition) is 2. The first kappa shape index (κ1) is 13.5. The van der Waals surface area contributed by atoms with Crippen LogP contribution >= 0.6 is 0 Å². The molecule has 2 rings (SSSR count). The van der Waals surface area contributed by atoms with Crippen LogP contribution in [-0.2, 0) is 0 Å². The van der Waals surface area contributed by atoms with Gasteiger partial charge in [0.2, 0.25) is 0 Å². The van der Waals surface area contributed by atoms with Gasteiger partial charge in [0.15, 0.2) is 0 Å². The Balaban J connectivity index is 2.50. The van der Waals surface area contributed by atoms with Gasteiger partial charge in [-0.05, 0) is 18.2 Å². The number of aliphatic hydroxyl groups excluding tert-OH is 1. The summed E-state index contributed by atoms with van der Waals surface area (Å²) in [7, 11) is 0. The van der Waals surface area contributed by atoms with Crippen molar-refractivity contribution in [3.05, 3.63) is 30.6 Å². The zero-order valence-corrected chi connectivity index (χ0v) is 10.3. The van der Waals surface area contributed by atoms with Crippen LogP contribution in [-0.4, -0.2) is 36.2 Å². The van der Waals surface area contributed by atoms with Gasteiger partial charge in [-0.25, -0.2) is 8.78 Å². The first-order valence-corrected chi connectivity index (χ1v) is 5.89. The Morgan fingerprint density at radius 3 is 2.74 bits per heavy atom. The molecule has 1 aromatic carbocycles. The second kappa shape index (κ2) is 5.79. The van der Waals surface area contributed by atoms with E-state index in [-0.39, 0.29) is 13.2 Å². The normalized spacial score (nSPS) is 11.2. The van der Waals surface area contributed by atoms with Gasteiger partial charge in [-0.2, -0.15) is 0 Å². The van der Waals surface area contributed by atoms with E-state index in [1.165, 1.54) is 4.90 Å². The lowest BCUT2D eigenvalue weighted by Gasteiger charge is -2.25. The second-order valence-corrected chi connectivity index (χ2v) is 4.16. The van der Waals surface area contributed by atoms with E-state index in [1.807, 2.05) is 0 Å². The number of benzene rings is 1. The minimum absolute atomic E-state index is 0.137. The number of rotatable bonds is 5. The molecule has 0 saturated heterocycles. The number of anilines is 2. The molecule has 0 radical (unpaired) electrons. The largest absolute Gasteiger partial charge is 0.398 e. The lowest BCUT2D eigenvalue weighted by atomic mass is 10.1. The number of fused-ring (bicyclic) bond motifs is 1. The maximum absolute atomic E-state index is 12.6. The Kier molecular flexibility index (Phi) is 4.11. The molecule has 0 aliphatic rings. The van der Waals surface area contributed by atoms with Crippen LogP contribution in [0.5, 0.6) is 0 Å². The Hall–Kier alpha value is -1.95. The van der Waals surface area contributed by atoms with E-state index in [0.29, 0.717) is 16.8 Å². The van der Waals surface area contributed by atoms with Gasteiger partial charge >= 0.3 is 0 Å². The van der Waals surface area contributed by atoms with Crippen molar-refractivity contribution >= 4 is 22.1 Å². The minimum atomic E-state index is -2.48. The topological polar surface area (TPSA) is 62.4 Å². The van der Waals surface area contributed by atoms with Crippen molar-refractivity contribution < 1.29 is 13.9 Å². The maximum Gasteiger partial charge on any atom is 0.255 e. The first-order valence-electron chi connectivity index (χ1n) is 5.89. The van der Waals surface area contributed by atoms with Crippen molar-refractivity contribution in [3.8, 4) is 0 Å². The van der Waals surface area contributed by atoms with Gasteiger partial charge in [0.1, 0.15) is 0 Å². The van der Waals surface area contributed by atoms with Crippen molar-refractivity contribution in [2.75, 3.05) is 30.3 Å². The zero-order chi connectivity index (χ0) is 13.8. The predicted molar refractivity (Wildman–Crippen MR) is 71.5 cm³/mol. The van der Waals surface area contributed by atoms with Gasteiger partial charge in [-0.1, -0.05) is 0 Å². The van der Waals surface area contributed by atoms with Crippen molar-refractivity contribution in [1.82, 2.24) is 4.98 Å². The van der Waals surface area contributed by atoms with E-state index in [9.17, 15) is 8.78 Å². The number of alkyl halides is 2. The average Bonchev–Trinajstić information content (AvgIpc) is 2.39. The molecule has 102 valence electrons. The minimum Gasteiger partial charge on any atom is -0.398 e.